The summed E-state index contributed by atoms with van der Waals surface area (Å²) in [5.41, 5.74) is 0. The molecule has 3 rings (SSSR count). The normalized spacial score (nSPS) is 33.5. The van der Waals surface area contributed by atoms with Gasteiger partial charge in [-0.3, -0.25) is 9.59 Å². The van der Waals surface area contributed by atoms with Crippen molar-refractivity contribution in [3.63, 3.8) is 0 Å². The number of ether oxygens (including phenoxy) is 1. The summed E-state index contributed by atoms with van der Waals surface area (Å²) in [7, 11) is 1.40. The molecule has 0 amide bonds. The largest absolute Gasteiger partial charge is 0.469 e. The van der Waals surface area contributed by atoms with Crippen molar-refractivity contribution in [2.75, 3.05) is 7.11 Å². The van der Waals surface area contributed by atoms with Crippen LogP contribution in [-0.4, -0.2) is 41.3 Å². The second kappa shape index (κ2) is 10.7. The Labute approximate surface area is 174 Å². The molecule has 3 fully saturated rings. The molecular formula is C24H38O5. The van der Waals surface area contributed by atoms with E-state index in [1.165, 1.54) is 26.4 Å². The molecule has 4 atom stereocenters. The van der Waals surface area contributed by atoms with Crippen LogP contribution < -0.4 is 0 Å². The van der Waals surface area contributed by atoms with Crippen molar-refractivity contribution >= 4 is 11.8 Å². The van der Waals surface area contributed by atoms with Crippen molar-refractivity contribution in [2.24, 2.45) is 29.6 Å². The van der Waals surface area contributed by atoms with E-state index in [-0.39, 0.29) is 30.0 Å². The Balaban J connectivity index is 1.39. The van der Waals surface area contributed by atoms with Gasteiger partial charge < -0.3 is 14.9 Å². The molecule has 3 aliphatic rings. The van der Waals surface area contributed by atoms with Crippen LogP contribution in [0.15, 0.2) is 12.2 Å². The van der Waals surface area contributed by atoms with Crippen LogP contribution in [0.25, 0.3) is 0 Å². The van der Waals surface area contributed by atoms with E-state index in [9.17, 15) is 19.8 Å². The van der Waals surface area contributed by atoms with Gasteiger partial charge in [0.2, 0.25) is 0 Å². The van der Waals surface area contributed by atoms with Crippen LogP contribution in [0.1, 0.15) is 77.0 Å². The highest BCUT2D eigenvalue weighted by atomic mass is 16.5. The number of rotatable bonds is 11. The number of carbonyl (C=O) groups is 2. The van der Waals surface area contributed by atoms with Gasteiger partial charge in [-0.05, 0) is 43.4 Å². The topological polar surface area (TPSA) is 83.8 Å². The fourth-order valence-corrected chi connectivity index (χ4v) is 5.36. The molecule has 5 nitrogen and oxygen atoms in total. The number of aliphatic hydroxyl groups is 2. The molecule has 2 N–H and O–H groups in total. The minimum Gasteiger partial charge on any atom is -0.469 e. The summed E-state index contributed by atoms with van der Waals surface area (Å²) in [6, 6.07) is 0. The summed E-state index contributed by atoms with van der Waals surface area (Å²) in [6.07, 6.45) is 14.1. The van der Waals surface area contributed by atoms with Crippen molar-refractivity contribution in [3.8, 4) is 0 Å². The Bertz CT molecular complexity index is 576. The Kier molecular flexibility index (Phi) is 8.31. The molecule has 0 bridgehead atoms. The van der Waals surface area contributed by atoms with Crippen molar-refractivity contribution in [2.45, 2.75) is 89.3 Å². The first-order valence-corrected chi connectivity index (χ1v) is 11.6. The van der Waals surface area contributed by atoms with Crippen molar-refractivity contribution in [1.29, 1.82) is 0 Å². The van der Waals surface area contributed by atoms with Gasteiger partial charge in [0, 0.05) is 24.7 Å². The Morgan fingerprint density at radius 3 is 2.55 bits per heavy atom. The van der Waals surface area contributed by atoms with E-state index in [2.05, 4.69) is 4.74 Å². The predicted molar refractivity (Wildman–Crippen MR) is 111 cm³/mol. The van der Waals surface area contributed by atoms with E-state index in [1.807, 2.05) is 12.2 Å². The van der Waals surface area contributed by atoms with Gasteiger partial charge in [0.1, 0.15) is 5.78 Å². The van der Waals surface area contributed by atoms with Gasteiger partial charge in [-0.15, -0.1) is 0 Å². The monoisotopic (exact) mass is 406 g/mol. The summed E-state index contributed by atoms with van der Waals surface area (Å²) in [5, 5.41) is 20.8. The quantitative estimate of drug-likeness (QED) is 0.310. The number of aliphatic hydroxyl groups excluding tert-OH is 2. The third kappa shape index (κ3) is 5.91. The van der Waals surface area contributed by atoms with E-state index >= 15 is 0 Å². The highest BCUT2D eigenvalue weighted by Gasteiger charge is 2.41. The predicted octanol–water partition coefficient (Wildman–Crippen LogP) is 3.81. The number of ketones is 1. The maximum absolute atomic E-state index is 12.3. The lowest BCUT2D eigenvalue weighted by Crippen LogP contribution is -2.38. The van der Waals surface area contributed by atoms with Crippen LogP contribution in [0.4, 0.5) is 0 Å². The molecular weight excluding hydrogens is 368 g/mol. The Hall–Kier alpha value is -1.20. The second-order valence-electron chi connectivity index (χ2n) is 9.51. The fourth-order valence-electron chi connectivity index (χ4n) is 5.36. The number of unbranched alkanes of at least 4 members (excludes halogenated alkanes) is 3. The molecule has 0 spiro atoms. The summed E-state index contributed by atoms with van der Waals surface area (Å²) in [4.78, 5) is 23.5. The maximum Gasteiger partial charge on any atom is 0.305 e. The van der Waals surface area contributed by atoms with Gasteiger partial charge in [0.05, 0.1) is 19.3 Å². The number of Topliss-reactive ketones (excluding diaryl/α,β-unsaturated/α-hetero) is 1. The lowest BCUT2D eigenvalue weighted by Gasteiger charge is -2.45. The van der Waals surface area contributed by atoms with Crippen molar-refractivity contribution in [1.82, 2.24) is 0 Å². The van der Waals surface area contributed by atoms with Gasteiger partial charge in [-0.25, -0.2) is 0 Å². The molecule has 5 heteroatoms. The van der Waals surface area contributed by atoms with Crippen LogP contribution >= 0.6 is 0 Å². The minimum atomic E-state index is -0.626. The SMILES string of the molecule is COC(=O)CCCCCC[C@H]1C(=O)C[C@@H](O)[C@@H]1/C=C/[C@@H](O)C1CC(C2CCC2)C1. The number of hydrogen-bond donors (Lipinski definition) is 2. The zero-order valence-electron chi connectivity index (χ0n) is 17.8. The summed E-state index contributed by atoms with van der Waals surface area (Å²) < 4.78 is 4.64. The van der Waals surface area contributed by atoms with Crippen LogP contribution in [0, 0.1) is 29.6 Å². The summed E-state index contributed by atoms with van der Waals surface area (Å²) in [5.74, 6) is 1.71. The van der Waals surface area contributed by atoms with E-state index in [4.69, 9.17) is 0 Å². The van der Waals surface area contributed by atoms with Gasteiger partial charge in [-0.1, -0.05) is 50.7 Å². The number of hydrogen-bond acceptors (Lipinski definition) is 5. The smallest absolute Gasteiger partial charge is 0.305 e. The average molecular weight is 407 g/mol. The number of esters is 1. The summed E-state index contributed by atoms with van der Waals surface area (Å²) >= 11 is 0. The second-order valence-corrected chi connectivity index (χ2v) is 9.51. The molecule has 3 aliphatic carbocycles. The van der Waals surface area contributed by atoms with Crippen LogP contribution in [0.3, 0.4) is 0 Å². The zero-order valence-corrected chi connectivity index (χ0v) is 17.8. The number of carbonyl (C=O) groups excluding carboxylic acids is 2. The molecule has 0 radical (unpaired) electrons. The highest BCUT2D eigenvalue weighted by molar-refractivity contribution is 5.84. The molecule has 0 unspecified atom stereocenters. The van der Waals surface area contributed by atoms with Crippen molar-refractivity contribution < 1.29 is 24.5 Å². The first-order chi connectivity index (χ1) is 14.0. The molecule has 0 aromatic heterocycles. The third-order valence-electron chi connectivity index (χ3n) is 7.65. The van der Waals surface area contributed by atoms with Gasteiger partial charge in [0.15, 0.2) is 0 Å². The molecule has 164 valence electrons. The molecule has 29 heavy (non-hydrogen) atoms. The summed E-state index contributed by atoms with van der Waals surface area (Å²) in [6.45, 7) is 0. The standard InChI is InChI=1S/C24H38O5/c1-29-24(28)10-5-3-2-4-9-19-20(23(27)15-22(19)26)11-12-21(25)18-13-17(14-18)16-7-6-8-16/h11-12,16-21,23,25,27H,2-10,13-15H2,1H3/b12-11+/t17?,18?,19-,20-,21-,23-/m1/s1. The molecule has 0 heterocycles. The van der Waals surface area contributed by atoms with Crippen LogP contribution in [0.2, 0.25) is 0 Å². The van der Waals surface area contributed by atoms with Gasteiger partial charge >= 0.3 is 5.97 Å². The Morgan fingerprint density at radius 1 is 1.17 bits per heavy atom. The highest BCUT2D eigenvalue weighted by Crippen LogP contribution is 2.48. The maximum atomic E-state index is 12.3. The molecule has 0 aromatic rings. The molecule has 0 aliphatic heterocycles. The van der Waals surface area contributed by atoms with Crippen LogP contribution in [0.5, 0.6) is 0 Å². The average Bonchev–Trinajstić information content (AvgIpc) is 2.89. The number of methoxy groups -OCH3 is 1. The van der Waals surface area contributed by atoms with Gasteiger partial charge in [0.25, 0.3) is 0 Å². The lowest BCUT2D eigenvalue weighted by molar-refractivity contribution is -0.140. The van der Waals surface area contributed by atoms with Gasteiger partial charge in [-0.2, -0.15) is 0 Å². The lowest BCUT2D eigenvalue weighted by atomic mass is 9.61. The first kappa shape index (κ1) is 22.5. The van der Waals surface area contributed by atoms with Crippen molar-refractivity contribution in [3.05, 3.63) is 12.2 Å². The fraction of sp³-hybridized carbons (Fsp3) is 0.833. The molecule has 3 saturated carbocycles. The third-order valence-corrected chi connectivity index (χ3v) is 7.65. The van der Waals surface area contributed by atoms with E-state index in [1.54, 1.807) is 0 Å². The molecule has 0 saturated heterocycles. The Morgan fingerprint density at radius 2 is 1.90 bits per heavy atom. The van der Waals surface area contributed by atoms with Crippen LogP contribution in [-0.2, 0) is 14.3 Å². The van der Waals surface area contributed by atoms with E-state index in [0.717, 1.165) is 56.8 Å². The first-order valence-electron chi connectivity index (χ1n) is 11.6. The van der Waals surface area contributed by atoms with E-state index < -0.39 is 12.2 Å². The zero-order chi connectivity index (χ0) is 20.8. The minimum absolute atomic E-state index is 0.141. The van der Waals surface area contributed by atoms with E-state index in [0.29, 0.717) is 12.3 Å². The molecule has 0 aromatic carbocycles.